The molecule has 0 rings (SSSR count). The van der Waals surface area contributed by atoms with Crippen LogP contribution >= 0.6 is 24.4 Å². The lowest BCUT2D eigenvalue weighted by Gasteiger charge is -2.06. The van der Waals surface area contributed by atoms with Gasteiger partial charge in [0.2, 0.25) is 0 Å². The Bertz CT molecular complexity index is 110. The van der Waals surface area contributed by atoms with Crippen LogP contribution in [0.25, 0.3) is 0 Å². The first kappa shape index (κ1) is 12.4. The summed E-state index contributed by atoms with van der Waals surface area (Å²) in [5, 5.41) is 2.18. The summed E-state index contributed by atoms with van der Waals surface area (Å²) in [6, 6.07) is 0. The molecule has 0 saturated heterocycles. The Morgan fingerprint density at radius 1 is 1.42 bits per heavy atom. The first-order valence-corrected chi connectivity index (χ1v) is 6.52. The van der Waals surface area contributed by atoms with Crippen LogP contribution in [-0.4, -0.2) is 12.0 Å². The molecule has 0 aromatic heterocycles. The molecule has 0 aliphatic carbocycles. The molecule has 0 heterocycles. The topological polar surface area (TPSA) is 0 Å². The molecule has 12 heavy (non-hydrogen) atoms. The van der Waals surface area contributed by atoms with Gasteiger partial charge in [0.15, 0.2) is 0 Å². The van der Waals surface area contributed by atoms with Gasteiger partial charge >= 0.3 is 0 Å². The first-order valence-electron chi connectivity index (χ1n) is 4.60. The standard InChI is InChI=1S/C10H20S2/c1-10(6-3-4-8-11)7-5-9-12-2/h5,9-11H,3-4,6-8H2,1-2H3/b9-5-. The van der Waals surface area contributed by atoms with Gasteiger partial charge in [-0.15, -0.1) is 11.8 Å². The molecule has 0 aromatic carbocycles. The van der Waals surface area contributed by atoms with Crippen LogP contribution in [0.2, 0.25) is 0 Å². The van der Waals surface area contributed by atoms with Gasteiger partial charge in [0.1, 0.15) is 0 Å². The summed E-state index contributed by atoms with van der Waals surface area (Å²) in [5.41, 5.74) is 0. The van der Waals surface area contributed by atoms with E-state index in [-0.39, 0.29) is 0 Å². The first-order chi connectivity index (χ1) is 5.81. The lowest BCUT2D eigenvalue weighted by molar-refractivity contribution is 0.513. The fourth-order valence-electron chi connectivity index (χ4n) is 1.11. The molecule has 0 nitrogen and oxygen atoms in total. The molecule has 2 heteroatoms. The van der Waals surface area contributed by atoms with Crippen LogP contribution in [0.5, 0.6) is 0 Å². The van der Waals surface area contributed by atoms with Crippen molar-refractivity contribution in [3.05, 3.63) is 11.5 Å². The van der Waals surface area contributed by atoms with Gasteiger partial charge in [-0.25, -0.2) is 0 Å². The normalized spacial score (nSPS) is 13.9. The molecule has 0 saturated carbocycles. The molecule has 0 aliphatic heterocycles. The van der Waals surface area contributed by atoms with Gasteiger partial charge in [-0.3, -0.25) is 0 Å². The quantitative estimate of drug-likeness (QED) is 0.483. The molecule has 0 radical (unpaired) electrons. The van der Waals surface area contributed by atoms with E-state index in [9.17, 15) is 0 Å². The Morgan fingerprint density at radius 2 is 2.17 bits per heavy atom. The van der Waals surface area contributed by atoms with Gasteiger partial charge in [0.05, 0.1) is 0 Å². The van der Waals surface area contributed by atoms with E-state index in [1.165, 1.54) is 25.7 Å². The monoisotopic (exact) mass is 204 g/mol. The van der Waals surface area contributed by atoms with Crippen molar-refractivity contribution in [3.8, 4) is 0 Å². The molecule has 0 fully saturated rings. The van der Waals surface area contributed by atoms with E-state index in [4.69, 9.17) is 0 Å². The Morgan fingerprint density at radius 3 is 2.75 bits per heavy atom. The highest BCUT2D eigenvalue weighted by Gasteiger charge is 1.97. The van der Waals surface area contributed by atoms with Gasteiger partial charge in [-0.1, -0.05) is 25.8 Å². The Kier molecular flexibility index (Phi) is 9.88. The van der Waals surface area contributed by atoms with Gasteiger partial charge in [0, 0.05) is 0 Å². The number of hydrogen-bond donors (Lipinski definition) is 1. The van der Waals surface area contributed by atoms with E-state index >= 15 is 0 Å². The smallest absolute Gasteiger partial charge is 0.00979 e. The third-order valence-corrected chi connectivity index (χ3v) is 2.66. The van der Waals surface area contributed by atoms with E-state index in [2.05, 4.69) is 37.3 Å². The van der Waals surface area contributed by atoms with Crippen LogP contribution in [0, 0.1) is 5.92 Å². The molecule has 0 amide bonds. The second kappa shape index (κ2) is 9.53. The summed E-state index contributed by atoms with van der Waals surface area (Å²) in [6.45, 7) is 2.32. The van der Waals surface area contributed by atoms with Crippen LogP contribution in [0.4, 0.5) is 0 Å². The Balaban J connectivity index is 3.21. The molecule has 0 bridgehead atoms. The Hall–Kier alpha value is 0.440. The minimum Gasteiger partial charge on any atom is -0.179 e. The Labute approximate surface area is 86.6 Å². The van der Waals surface area contributed by atoms with Crippen molar-refractivity contribution in [3.63, 3.8) is 0 Å². The number of rotatable bonds is 7. The van der Waals surface area contributed by atoms with Crippen LogP contribution in [-0.2, 0) is 0 Å². The number of unbranched alkanes of at least 4 members (excludes halogenated alkanes) is 1. The maximum atomic E-state index is 4.19. The molecule has 0 aromatic rings. The summed E-state index contributed by atoms with van der Waals surface area (Å²) in [4.78, 5) is 0. The lowest BCUT2D eigenvalue weighted by atomic mass is 10.0. The summed E-state index contributed by atoms with van der Waals surface area (Å²) in [5.74, 6) is 1.88. The van der Waals surface area contributed by atoms with Crippen LogP contribution in [0.3, 0.4) is 0 Å². The maximum Gasteiger partial charge on any atom is -0.00979 e. The zero-order valence-electron chi connectivity index (χ0n) is 8.12. The third-order valence-electron chi connectivity index (χ3n) is 1.88. The number of hydrogen-bond acceptors (Lipinski definition) is 2. The summed E-state index contributed by atoms with van der Waals surface area (Å²) in [6.07, 6.45) is 9.54. The number of thiol groups is 1. The molecular weight excluding hydrogens is 184 g/mol. The fourth-order valence-corrected chi connectivity index (χ4v) is 1.63. The van der Waals surface area contributed by atoms with Crippen molar-refractivity contribution in [2.45, 2.75) is 32.6 Å². The zero-order valence-corrected chi connectivity index (χ0v) is 9.83. The summed E-state index contributed by atoms with van der Waals surface area (Å²) in [7, 11) is 0. The van der Waals surface area contributed by atoms with E-state index < -0.39 is 0 Å². The highest BCUT2D eigenvalue weighted by Crippen LogP contribution is 2.13. The predicted octanol–water partition coefficient (Wildman–Crippen LogP) is 3.99. The largest absolute Gasteiger partial charge is 0.179 e. The van der Waals surface area contributed by atoms with Crippen molar-refractivity contribution in [2.75, 3.05) is 12.0 Å². The van der Waals surface area contributed by atoms with Gasteiger partial charge < -0.3 is 0 Å². The molecule has 0 aliphatic rings. The maximum absolute atomic E-state index is 4.19. The predicted molar refractivity (Wildman–Crippen MR) is 64.1 cm³/mol. The summed E-state index contributed by atoms with van der Waals surface area (Å²) >= 11 is 5.97. The van der Waals surface area contributed by atoms with Gasteiger partial charge in [-0.05, 0) is 36.2 Å². The van der Waals surface area contributed by atoms with E-state index in [0.717, 1.165) is 11.7 Å². The third kappa shape index (κ3) is 8.54. The highest BCUT2D eigenvalue weighted by atomic mass is 32.2. The SMILES string of the molecule is CS/C=C\CC(C)CCCCS. The van der Waals surface area contributed by atoms with Crippen LogP contribution in [0.1, 0.15) is 32.6 Å². The average molecular weight is 204 g/mol. The van der Waals surface area contributed by atoms with Crippen molar-refractivity contribution in [1.82, 2.24) is 0 Å². The van der Waals surface area contributed by atoms with Crippen molar-refractivity contribution in [1.29, 1.82) is 0 Å². The van der Waals surface area contributed by atoms with Crippen molar-refractivity contribution >= 4 is 24.4 Å². The van der Waals surface area contributed by atoms with E-state index in [0.29, 0.717) is 0 Å². The molecule has 0 N–H and O–H groups in total. The fraction of sp³-hybridized carbons (Fsp3) is 0.800. The second-order valence-electron chi connectivity index (χ2n) is 3.17. The number of allylic oxidation sites excluding steroid dienone is 1. The molecular formula is C10H20S2. The molecule has 1 atom stereocenters. The second-order valence-corrected chi connectivity index (χ2v) is 4.36. The van der Waals surface area contributed by atoms with Crippen molar-refractivity contribution < 1.29 is 0 Å². The average Bonchev–Trinajstić information content (AvgIpc) is 2.06. The van der Waals surface area contributed by atoms with Gasteiger partial charge in [0.25, 0.3) is 0 Å². The van der Waals surface area contributed by atoms with E-state index in [1.54, 1.807) is 11.8 Å². The van der Waals surface area contributed by atoms with Crippen LogP contribution in [0.15, 0.2) is 11.5 Å². The van der Waals surface area contributed by atoms with Crippen LogP contribution < -0.4 is 0 Å². The van der Waals surface area contributed by atoms with E-state index in [1.807, 2.05) is 0 Å². The lowest BCUT2D eigenvalue weighted by Crippen LogP contribution is -1.92. The minimum atomic E-state index is 0.841. The molecule has 1 unspecified atom stereocenters. The minimum absolute atomic E-state index is 0.841. The number of thioether (sulfide) groups is 1. The van der Waals surface area contributed by atoms with Crippen molar-refractivity contribution in [2.24, 2.45) is 5.92 Å². The highest BCUT2D eigenvalue weighted by molar-refractivity contribution is 8.01. The summed E-state index contributed by atoms with van der Waals surface area (Å²) < 4.78 is 0. The van der Waals surface area contributed by atoms with Gasteiger partial charge in [-0.2, -0.15) is 12.6 Å². The molecule has 72 valence electrons. The molecule has 0 spiro atoms. The zero-order chi connectivity index (χ0) is 9.23.